The van der Waals surface area contributed by atoms with Crippen molar-refractivity contribution in [2.75, 3.05) is 7.11 Å². The van der Waals surface area contributed by atoms with Gasteiger partial charge in [0.05, 0.1) is 12.1 Å². The van der Waals surface area contributed by atoms with Crippen LogP contribution in [0.3, 0.4) is 0 Å². The van der Waals surface area contributed by atoms with E-state index in [9.17, 15) is 0 Å². The summed E-state index contributed by atoms with van der Waals surface area (Å²) in [7, 11) is 1.70. The molecule has 0 fully saturated rings. The fourth-order valence-electron chi connectivity index (χ4n) is 1.91. The van der Waals surface area contributed by atoms with Crippen molar-refractivity contribution in [3.8, 4) is 0 Å². The highest BCUT2D eigenvalue weighted by molar-refractivity contribution is 5.16. The molecule has 0 saturated carbocycles. The van der Waals surface area contributed by atoms with Gasteiger partial charge in [0, 0.05) is 19.5 Å². The molecule has 1 aromatic heterocycles. The lowest BCUT2D eigenvalue weighted by molar-refractivity contribution is -0.0121. The zero-order valence-corrected chi connectivity index (χ0v) is 10.4. The molecule has 2 atom stereocenters. The lowest BCUT2D eigenvalue weighted by Crippen LogP contribution is -2.44. The first kappa shape index (κ1) is 13.1. The van der Waals surface area contributed by atoms with E-state index < -0.39 is 0 Å². The van der Waals surface area contributed by atoms with Crippen LogP contribution in [0.1, 0.15) is 32.4 Å². The summed E-state index contributed by atoms with van der Waals surface area (Å²) in [6.45, 7) is 6.38. The van der Waals surface area contributed by atoms with Gasteiger partial charge in [-0.15, -0.1) is 0 Å². The zero-order valence-electron chi connectivity index (χ0n) is 10.4. The number of methoxy groups -OCH3 is 1. The van der Waals surface area contributed by atoms with Crippen molar-refractivity contribution in [3.63, 3.8) is 0 Å². The second-order valence-electron chi connectivity index (χ2n) is 4.95. The van der Waals surface area contributed by atoms with Gasteiger partial charge in [-0.25, -0.2) is 0 Å². The number of hydrazine groups is 1. The van der Waals surface area contributed by atoms with Crippen LogP contribution in [0.2, 0.25) is 0 Å². The predicted molar refractivity (Wildman–Crippen MR) is 64.6 cm³/mol. The molecular formula is C12H21N3O. The zero-order chi connectivity index (χ0) is 12.2. The highest BCUT2D eigenvalue weighted by atomic mass is 16.5. The first-order valence-electron chi connectivity index (χ1n) is 5.39. The Bertz CT molecular complexity index is 308. The lowest BCUT2D eigenvalue weighted by atomic mass is 9.82. The van der Waals surface area contributed by atoms with Crippen molar-refractivity contribution < 1.29 is 4.74 Å². The Labute approximate surface area is 97.2 Å². The molecule has 0 radical (unpaired) electrons. The lowest BCUT2D eigenvalue weighted by Gasteiger charge is -2.35. The maximum atomic E-state index is 5.62. The minimum absolute atomic E-state index is 0.00162. The molecule has 0 aliphatic heterocycles. The minimum Gasteiger partial charge on any atom is -0.379 e. The highest BCUT2D eigenvalue weighted by Gasteiger charge is 2.32. The third kappa shape index (κ3) is 3.01. The van der Waals surface area contributed by atoms with Crippen LogP contribution in [-0.2, 0) is 4.74 Å². The number of hydrogen-bond donors (Lipinski definition) is 2. The molecule has 1 rings (SSSR count). The molecule has 0 bridgehead atoms. The number of nitrogens with two attached hydrogens (primary N) is 1. The molecule has 1 aromatic rings. The minimum atomic E-state index is -0.0568. The van der Waals surface area contributed by atoms with Crippen LogP contribution in [0.25, 0.3) is 0 Å². The fourth-order valence-corrected chi connectivity index (χ4v) is 1.91. The summed E-state index contributed by atoms with van der Waals surface area (Å²) in [5, 5.41) is 0. The molecule has 0 aliphatic carbocycles. The highest BCUT2D eigenvalue weighted by Crippen LogP contribution is 2.31. The Morgan fingerprint density at radius 1 is 1.44 bits per heavy atom. The number of aromatic nitrogens is 1. The van der Waals surface area contributed by atoms with Gasteiger partial charge in [-0.3, -0.25) is 16.3 Å². The van der Waals surface area contributed by atoms with E-state index in [0.717, 1.165) is 5.56 Å². The van der Waals surface area contributed by atoms with Gasteiger partial charge in [0.2, 0.25) is 0 Å². The molecule has 90 valence electrons. The van der Waals surface area contributed by atoms with Crippen LogP contribution in [0.15, 0.2) is 24.5 Å². The number of pyridine rings is 1. The summed E-state index contributed by atoms with van der Waals surface area (Å²) in [5.74, 6) is 5.62. The summed E-state index contributed by atoms with van der Waals surface area (Å²) in [4.78, 5) is 4.10. The maximum Gasteiger partial charge on any atom is 0.0827 e. The molecule has 4 heteroatoms. The Morgan fingerprint density at radius 3 is 2.50 bits per heavy atom. The number of ether oxygens (including phenoxy) is 1. The van der Waals surface area contributed by atoms with Gasteiger partial charge < -0.3 is 4.74 Å². The van der Waals surface area contributed by atoms with E-state index in [1.54, 1.807) is 13.3 Å². The van der Waals surface area contributed by atoms with Crippen LogP contribution in [0.4, 0.5) is 0 Å². The van der Waals surface area contributed by atoms with E-state index >= 15 is 0 Å². The third-order valence-corrected chi connectivity index (χ3v) is 2.63. The molecule has 0 aliphatic rings. The number of nitrogens with one attached hydrogen (secondary N) is 1. The normalized spacial score (nSPS) is 15.8. The first-order valence-corrected chi connectivity index (χ1v) is 5.39. The molecule has 2 unspecified atom stereocenters. The van der Waals surface area contributed by atoms with Crippen LogP contribution < -0.4 is 11.3 Å². The monoisotopic (exact) mass is 223 g/mol. The van der Waals surface area contributed by atoms with Gasteiger partial charge in [0.25, 0.3) is 0 Å². The SMILES string of the molecule is COC(C(NN)c1cccnc1)C(C)(C)C. The Balaban J connectivity index is 2.97. The second-order valence-corrected chi connectivity index (χ2v) is 4.95. The van der Waals surface area contributed by atoms with E-state index in [2.05, 4.69) is 31.2 Å². The van der Waals surface area contributed by atoms with Crippen LogP contribution in [0.5, 0.6) is 0 Å². The maximum absolute atomic E-state index is 5.62. The van der Waals surface area contributed by atoms with Gasteiger partial charge in [0.1, 0.15) is 0 Å². The number of hydrogen-bond acceptors (Lipinski definition) is 4. The Kier molecular flexibility index (Phi) is 4.41. The van der Waals surface area contributed by atoms with E-state index in [1.807, 2.05) is 18.3 Å². The van der Waals surface area contributed by atoms with Crippen molar-refractivity contribution in [1.82, 2.24) is 10.4 Å². The largest absolute Gasteiger partial charge is 0.379 e. The Morgan fingerprint density at radius 2 is 2.12 bits per heavy atom. The summed E-state index contributed by atoms with van der Waals surface area (Å²) >= 11 is 0. The molecule has 16 heavy (non-hydrogen) atoms. The summed E-state index contributed by atoms with van der Waals surface area (Å²) in [6.07, 6.45) is 3.54. The van der Waals surface area contributed by atoms with E-state index in [1.165, 1.54) is 0 Å². The number of nitrogens with zero attached hydrogens (tertiary/aromatic N) is 1. The van der Waals surface area contributed by atoms with Crippen molar-refractivity contribution in [2.45, 2.75) is 32.9 Å². The molecule has 3 N–H and O–H groups in total. The summed E-state index contributed by atoms with van der Waals surface area (Å²) in [6, 6.07) is 3.84. The first-order chi connectivity index (χ1) is 7.50. The van der Waals surface area contributed by atoms with E-state index in [-0.39, 0.29) is 17.6 Å². The number of rotatable bonds is 4. The average molecular weight is 223 g/mol. The summed E-state index contributed by atoms with van der Waals surface area (Å²) in [5.41, 5.74) is 3.85. The van der Waals surface area contributed by atoms with Gasteiger partial charge in [0.15, 0.2) is 0 Å². The van der Waals surface area contributed by atoms with Crippen molar-refractivity contribution in [1.29, 1.82) is 0 Å². The van der Waals surface area contributed by atoms with Crippen molar-refractivity contribution >= 4 is 0 Å². The van der Waals surface area contributed by atoms with Crippen molar-refractivity contribution in [2.24, 2.45) is 11.3 Å². The third-order valence-electron chi connectivity index (χ3n) is 2.63. The van der Waals surface area contributed by atoms with E-state index in [4.69, 9.17) is 10.6 Å². The fraction of sp³-hybridized carbons (Fsp3) is 0.583. The van der Waals surface area contributed by atoms with Crippen molar-refractivity contribution in [3.05, 3.63) is 30.1 Å². The van der Waals surface area contributed by atoms with Gasteiger partial charge in [-0.2, -0.15) is 0 Å². The van der Waals surface area contributed by atoms with Gasteiger partial charge >= 0.3 is 0 Å². The van der Waals surface area contributed by atoms with Crippen LogP contribution >= 0.6 is 0 Å². The predicted octanol–water partition coefficient (Wildman–Crippen LogP) is 1.65. The topological polar surface area (TPSA) is 60.2 Å². The quantitative estimate of drug-likeness (QED) is 0.602. The second kappa shape index (κ2) is 5.39. The Hall–Kier alpha value is -0.970. The average Bonchev–Trinajstić information content (AvgIpc) is 2.25. The van der Waals surface area contributed by atoms with Crippen LogP contribution in [0, 0.1) is 5.41 Å². The van der Waals surface area contributed by atoms with Crippen LogP contribution in [-0.4, -0.2) is 18.2 Å². The smallest absolute Gasteiger partial charge is 0.0827 e. The molecule has 0 spiro atoms. The van der Waals surface area contributed by atoms with E-state index in [0.29, 0.717) is 0 Å². The molecule has 1 heterocycles. The molecular weight excluding hydrogens is 202 g/mol. The molecule has 0 amide bonds. The van der Waals surface area contributed by atoms with Gasteiger partial charge in [-0.1, -0.05) is 26.8 Å². The summed E-state index contributed by atoms with van der Waals surface area (Å²) < 4.78 is 5.55. The molecule has 0 saturated heterocycles. The molecule has 0 aromatic carbocycles. The standard InChI is InChI=1S/C12H21N3O/c1-12(2,3)11(16-4)10(15-13)9-6-5-7-14-8-9/h5-8,10-11,15H,13H2,1-4H3. The van der Waals surface area contributed by atoms with Gasteiger partial charge in [-0.05, 0) is 17.0 Å². The molecule has 4 nitrogen and oxygen atoms in total.